The van der Waals surface area contributed by atoms with Crippen LogP contribution in [0.1, 0.15) is 28.4 Å². The van der Waals surface area contributed by atoms with Crippen LogP contribution in [0.3, 0.4) is 0 Å². The molecule has 2 aromatic carbocycles. The number of esters is 1. The minimum Gasteiger partial charge on any atom is -0.462 e. The summed E-state index contributed by atoms with van der Waals surface area (Å²) in [6.45, 7) is 5.85. The first-order chi connectivity index (χ1) is 14.4. The summed E-state index contributed by atoms with van der Waals surface area (Å²) in [6, 6.07) is 12.2. The molecule has 0 radical (unpaired) electrons. The molecular weight excluding hydrogens is 386 g/mol. The van der Waals surface area contributed by atoms with E-state index in [1.54, 1.807) is 31.2 Å². The molecule has 0 aliphatic carbocycles. The van der Waals surface area contributed by atoms with Crippen molar-refractivity contribution in [1.29, 1.82) is 0 Å². The Kier molecular flexibility index (Phi) is 6.21. The maximum atomic E-state index is 11.9. The average Bonchev–Trinajstić information content (AvgIpc) is 2.67. The number of aromatic nitrogens is 2. The quantitative estimate of drug-likeness (QED) is 0.329. The van der Waals surface area contributed by atoms with Crippen LogP contribution in [0.4, 0.5) is 28.7 Å². The van der Waals surface area contributed by atoms with E-state index in [1.165, 1.54) is 6.33 Å². The molecule has 154 valence electrons. The number of nitrogens with zero attached hydrogens (tertiary/aromatic N) is 3. The van der Waals surface area contributed by atoms with Crippen LogP contribution in [0.15, 0.2) is 48.8 Å². The van der Waals surface area contributed by atoms with Gasteiger partial charge < -0.3 is 15.4 Å². The smallest absolute Gasteiger partial charge is 0.353 e. The van der Waals surface area contributed by atoms with E-state index in [0.717, 1.165) is 11.1 Å². The van der Waals surface area contributed by atoms with Crippen molar-refractivity contribution in [3.63, 3.8) is 0 Å². The zero-order valence-corrected chi connectivity index (χ0v) is 16.8. The average molecular weight is 407 g/mol. The second-order valence-electron chi connectivity index (χ2n) is 6.60. The highest BCUT2D eigenvalue weighted by Gasteiger charge is 2.23. The van der Waals surface area contributed by atoms with Gasteiger partial charge in [0.05, 0.1) is 17.1 Å². The third kappa shape index (κ3) is 4.88. The van der Waals surface area contributed by atoms with Crippen LogP contribution in [0, 0.1) is 24.0 Å². The first kappa shape index (κ1) is 20.7. The second-order valence-corrected chi connectivity index (χ2v) is 6.60. The highest BCUT2D eigenvalue weighted by Crippen LogP contribution is 2.33. The third-order valence-electron chi connectivity index (χ3n) is 4.13. The van der Waals surface area contributed by atoms with Crippen molar-refractivity contribution in [3.05, 3.63) is 75.6 Å². The maximum Gasteiger partial charge on any atom is 0.353 e. The Labute approximate surface area is 173 Å². The molecule has 3 rings (SSSR count). The highest BCUT2D eigenvalue weighted by molar-refractivity contribution is 5.91. The molecule has 0 spiro atoms. The van der Waals surface area contributed by atoms with Gasteiger partial charge in [-0.05, 0) is 62.2 Å². The van der Waals surface area contributed by atoms with E-state index in [2.05, 4.69) is 20.6 Å². The predicted octanol–water partition coefficient (Wildman–Crippen LogP) is 4.67. The summed E-state index contributed by atoms with van der Waals surface area (Å²) >= 11 is 0. The first-order valence-electron chi connectivity index (χ1n) is 9.26. The lowest BCUT2D eigenvalue weighted by molar-refractivity contribution is -0.383. The normalized spacial score (nSPS) is 10.4. The fourth-order valence-electron chi connectivity index (χ4n) is 2.99. The molecule has 0 aliphatic heterocycles. The molecule has 0 saturated carbocycles. The SMILES string of the molecule is CCOC(=O)c1cccc(Nc2ncnc(Nc3cc(C)cc(C)c3)c2[N+](=O)[O-])c1. The Hall–Kier alpha value is -4.01. The number of rotatable bonds is 7. The molecule has 0 bridgehead atoms. The van der Waals surface area contributed by atoms with Crippen molar-refractivity contribution in [2.24, 2.45) is 0 Å². The summed E-state index contributed by atoms with van der Waals surface area (Å²) in [5.41, 5.74) is 3.20. The van der Waals surface area contributed by atoms with E-state index >= 15 is 0 Å². The number of ether oxygens (including phenoxy) is 1. The van der Waals surface area contributed by atoms with Gasteiger partial charge in [-0.25, -0.2) is 14.8 Å². The number of nitro groups is 1. The monoisotopic (exact) mass is 407 g/mol. The van der Waals surface area contributed by atoms with E-state index in [4.69, 9.17) is 4.74 Å². The van der Waals surface area contributed by atoms with Gasteiger partial charge in [-0.2, -0.15) is 0 Å². The Bertz CT molecular complexity index is 1080. The second kappa shape index (κ2) is 8.99. The molecule has 9 heteroatoms. The number of hydrogen-bond acceptors (Lipinski definition) is 8. The fraction of sp³-hybridized carbons (Fsp3) is 0.190. The zero-order chi connectivity index (χ0) is 21.7. The van der Waals surface area contributed by atoms with Gasteiger partial charge in [0.15, 0.2) is 0 Å². The van der Waals surface area contributed by atoms with Crippen LogP contribution >= 0.6 is 0 Å². The molecule has 30 heavy (non-hydrogen) atoms. The molecule has 2 N–H and O–H groups in total. The molecular formula is C21H21N5O4. The highest BCUT2D eigenvalue weighted by atomic mass is 16.6. The Morgan fingerprint density at radius 3 is 2.27 bits per heavy atom. The minimum absolute atomic E-state index is 0.00267. The van der Waals surface area contributed by atoms with Crippen molar-refractivity contribution in [2.75, 3.05) is 17.2 Å². The van der Waals surface area contributed by atoms with Crippen molar-refractivity contribution < 1.29 is 14.5 Å². The van der Waals surface area contributed by atoms with Gasteiger partial charge >= 0.3 is 11.7 Å². The van der Waals surface area contributed by atoms with Crippen molar-refractivity contribution in [2.45, 2.75) is 20.8 Å². The maximum absolute atomic E-state index is 11.9. The van der Waals surface area contributed by atoms with Crippen LogP contribution in [0.2, 0.25) is 0 Å². The van der Waals surface area contributed by atoms with Crippen molar-refractivity contribution in [1.82, 2.24) is 9.97 Å². The standard InChI is InChI=1S/C21H21N5O4/c1-4-30-21(27)15-6-5-7-16(11-15)24-19-18(26(28)29)20(23-12-22-19)25-17-9-13(2)8-14(3)10-17/h5-12H,4H2,1-3H3,(H2,22,23,24,25). The lowest BCUT2D eigenvalue weighted by Gasteiger charge is -2.11. The van der Waals surface area contributed by atoms with Crippen LogP contribution in [0.5, 0.6) is 0 Å². The van der Waals surface area contributed by atoms with Gasteiger partial charge in [-0.3, -0.25) is 10.1 Å². The third-order valence-corrected chi connectivity index (χ3v) is 4.13. The van der Waals surface area contributed by atoms with Crippen molar-refractivity contribution in [3.8, 4) is 0 Å². The molecule has 0 fully saturated rings. The number of carbonyl (C=O) groups is 1. The molecule has 1 aromatic heterocycles. The molecule has 0 aliphatic rings. The number of nitrogens with one attached hydrogen (secondary N) is 2. The Morgan fingerprint density at radius 2 is 1.67 bits per heavy atom. The molecule has 1 heterocycles. The molecule has 0 saturated heterocycles. The number of carbonyl (C=O) groups excluding carboxylic acids is 1. The van der Waals surface area contributed by atoms with Gasteiger partial charge in [0.25, 0.3) is 0 Å². The predicted molar refractivity (Wildman–Crippen MR) is 114 cm³/mol. The van der Waals surface area contributed by atoms with E-state index in [1.807, 2.05) is 32.0 Å². The molecule has 0 atom stereocenters. The summed E-state index contributed by atoms with van der Waals surface area (Å²) in [5, 5.41) is 17.7. The number of anilines is 4. The van der Waals surface area contributed by atoms with Crippen molar-refractivity contribution >= 4 is 34.7 Å². The first-order valence-corrected chi connectivity index (χ1v) is 9.26. The zero-order valence-electron chi connectivity index (χ0n) is 16.8. The topological polar surface area (TPSA) is 119 Å². The van der Waals surface area contributed by atoms with Gasteiger partial charge in [0.2, 0.25) is 11.6 Å². The lowest BCUT2D eigenvalue weighted by Crippen LogP contribution is -2.07. The van der Waals surface area contributed by atoms with E-state index in [-0.39, 0.29) is 23.9 Å². The Morgan fingerprint density at radius 1 is 1.03 bits per heavy atom. The van der Waals surface area contributed by atoms with E-state index in [0.29, 0.717) is 16.9 Å². The van der Waals surface area contributed by atoms with Crippen LogP contribution in [-0.2, 0) is 4.74 Å². The largest absolute Gasteiger partial charge is 0.462 e. The van der Waals surface area contributed by atoms with Crippen LogP contribution < -0.4 is 10.6 Å². The number of benzene rings is 2. The van der Waals surface area contributed by atoms with Gasteiger partial charge in [-0.1, -0.05) is 12.1 Å². The Balaban J connectivity index is 1.94. The molecule has 3 aromatic rings. The number of hydrogen-bond donors (Lipinski definition) is 2. The summed E-state index contributed by atoms with van der Waals surface area (Å²) in [7, 11) is 0. The van der Waals surface area contributed by atoms with E-state index in [9.17, 15) is 14.9 Å². The summed E-state index contributed by atoms with van der Waals surface area (Å²) in [4.78, 5) is 31.3. The molecule has 0 unspecified atom stereocenters. The number of aryl methyl sites for hydroxylation is 2. The summed E-state index contributed by atoms with van der Waals surface area (Å²) in [5.74, 6) is -0.414. The van der Waals surface area contributed by atoms with E-state index < -0.39 is 10.9 Å². The summed E-state index contributed by atoms with van der Waals surface area (Å²) in [6.07, 6.45) is 1.23. The van der Waals surface area contributed by atoms with Crippen LogP contribution in [-0.4, -0.2) is 27.5 Å². The van der Waals surface area contributed by atoms with Gasteiger partial charge in [0, 0.05) is 11.4 Å². The minimum atomic E-state index is -0.553. The lowest BCUT2D eigenvalue weighted by atomic mass is 10.1. The molecule has 9 nitrogen and oxygen atoms in total. The van der Waals surface area contributed by atoms with Gasteiger partial charge in [0.1, 0.15) is 6.33 Å². The molecule has 0 amide bonds. The fourth-order valence-corrected chi connectivity index (χ4v) is 2.99. The van der Waals surface area contributed by atoms with Gasteiger partial charge in [-0.15, -0.1) is 0 Å². The van der Waals surface area contributed by atoms with Crippen LogP contribution in [0.25, 0.3) is 0 Å². The summed E-state index contributed by atoms with van der Waals surface area (Å²) < 4.78 is 4.99.